The highest BCUT2D eigenvalue weighted by Gasteiger charge is 2.43. The van der Waals surface area contributed by atoms with Crippen LogP contribution in [0.4, 0.5) is 29.7 Å². The minimum absolute atomic E-state index is 0.0692. The van der Waals surface area contributed by atoms with Crippen LogP contribution in [-0.2, 0) is 28.5 Å². The van der Waals surface area contributed by atoms with E-state index in [1.165, 1.54) is 26.4 Å². The molecule has 3 aromatic carbocycles. The van der Waals surface area contributed by atoms with Crippen molar-refractivity contribution in [1.82, 2.24) is 40.4 Å². The minimum atomic E-state index is -0.771. The lowest BCUT2D eigenvalue weighted by molar-refractivity contribution is -0.169. The van der Waals surface area contributed by atoms with Gasteiger partial charge in [-0.1, -0.05) is 39.8 Å². The SMILES string of the molecule is COC(=O)NC(C(=O)N1CCC[C@H]1c1nc2cc([C@H]3CC[C@H](c4ccc5[nH]c([C@@H]6CCCN6C(=O)[C@@H](NC(=O)OC)C(C)C)nc5c4)N3c3cc(F)c(N4CCC5(CC4)OCCO5)c(F)c3)ccc2[nH]1)C(C)C. The number of alkyl carbamates (subject to hydrolysis) is 2. The number of ether oxygens (including phenoxy) is 4. The van der Waals surface area contributed by atoms with Crippen molar-refractivity contribution in [2.75, 3.05) is 63.4 Å². The molecule has 73 heavy (non-hydrogen) atoms. The molecule has 5 aliphatic heterocycles. The van der Waals surface area contributed by atoms with Crippen LogP contribution in [0.25, 0.3) is 22.1 Å². The van der Waals surface area contributed by atoms with Crippen LogP contribution in [0.15, 0.2) is 48.5 Å². The molecule has 6 atom stereocenters. The van der Waals surface area contributed by atoms with Crippen molar-refractivity contribution in [2.24, 2.45) is 11.8 Å². The second kappa shape index (κ2) is 20.4. The molecule has 5 aromatic rings. The predicted molar refractivity (Wildman–Crippen MR) is 268 cm³/mol. The van der Waals surface area contributed by atoms with E-state index in [4.69, 9.17) is 28.9 Å². The van der Waals surface area contributed by atoms with Crippen LogP contribution in [0.3, 0.4) is 0 Å². The van der Waals surface area contributed by atoms with E-state index in [-0.39, 0.29) is 53.5 Å². The molecule has 20 heteroatoms. The summed E-state index contributed by atoms with van der Waals surface area (Å²) in [5.41, 5.74) is 5.11. The third kappa shape index (κ3) is 9.63. The van der Waals surface area contributed by atoms with Crippen LogP contribution in [0.2, 0.25) is 0 Å². The van der Waals surface area contributed by atoms with Crippen molar-refractivity contribution >= 4 is 57.4 Å². The minimum Gasteiger partial charge on any atom is -0.453 e. The summed E-state index contributed by atoms with van der Waals surface area (Å²) >= 11 is 0. The molecule has 5 aliphatic rings. The first-order valence-corrected chi connectivity index (χ1v) is 25.7. The van der Waals surface area contributed by atoms with Crippen LogP contribution in [0.5, 0.6) is 0 Å². The number of imidazole rings is 2. The molecule has 10 rings (SSSR count). The van der Waals surface area contributed by atoms with E-state index >= 15 is 8.78 Å². The molecule has 4 N–H and O–H groups in total. The van der Waals surface area contributed by atoms with E-state index in [2.05, 4.69) is 25.5 Å². The largest absolute Gasteiger partial charge is 0.453 e. The third-order valence-electron chi connectivity index (χ3n) is 15.6. The van der Waals surface area contributed by atoms with Crippen LogP contribution >= 0.6 is 0 Å². The highest BCUT2D eigenvalue weighted by atomic mass is 19.1. The highest BCUT2D eigenvalue weighted by molar-refractivity contribution is 5.88. The van der Waals surface area contributed by atoms with E-state index in [0.717, 1.165) is 35.0 Å². The summed E-state index contributed by atoms with van der Waals surface area (Å²) in [7, 11) is 2.54. The van der Waals surface area contributed by atoms with Gasteiger partial charge in [0.15, 0.2) is 17.4 Å². The van der Waals surface area contributed by atoms with Gasteiger partial charge in [-0.3, -0.25) is 9.59 Å². The monoisotopic (exact) mass is 1010 g/mol. The first-order valence-electron chi connectivity index (χ1n) is 25.7. The quantitative estimate of drug-likeness (QED) is 0.0935. The first kappa shape index (κ1) is 50.0. The standard InChI is InChI=1S/C53H66F2N10O8/c1-29(2)44(60-51(68)70-5)49(66)63-19-7-9-42(63)47-56-36-13-11-31(25-38(36)58-47)40-15-16-41(65(40)33-27-34(54)46(35(55)28-33)62-21-17-53(18-22-62)72-23-24-73-53)32-12-14-37-39(26-32)59-48(57-37)43-10-8-20-64(43)50(67)45(30(3)4)61-52(69)71-6/h11-14,25-30,40-45H,7-10,15-24H2,1-6H3,(H,56,58)(H,57,59)(H,60,68)(H,61,69)/t40-,41-,42+,43+,44+,45?/m1/s1. The number of H-pyrrole nitrogens is 2. The fourth-order valence-corrected chi connectivity index (χ4v) is 11.9. The zero-order chi connectivity index (χ0) is 51.3. The molecule has 4 amide bonds. The average molecular weight is 1010 g/mol. The lowest BCUT2D eigenvalue weighted by atomic mass is 10.0. The molecule has 18 nitrogen and oxygen atoms in total. The van der Waals surface area contributed by atoms with Gasteiger partial charge in [-0.2, -0.15) is 0 Å². The lowest BCUT2D eigenvalue weighted by Crippen LogP contribution is -2.51. The summed E-state index contributed by atoms with van der Waals surface area (Å²) in [5, 5.41) is 5.42. The Morgan fingerprint density at radius 2 is 1.11 bits per heavy atom. The zero-order valence-electron chi connectivity index (χ0n) is 42.3. The Morgan fingerprint density at radius 3 is 1.53 bits per heavy atom. The molecule has 2 aromatic heterocycles. The van der Waals surface area contributed by atoms with Gasteiger partial charge in [-0.15, -0.1) is 0 Å². The molecule has 1 spiro atoms. The number of likely N-dealkylation sites (tertiary alicyclic amines) is 2. The summed E-state index contributed by atoms with van der Waals surface area (Å²) in [6.45, 7) is 10.3. The summed E-state index contributed by atoms with van der Waals surface area (Å²) in [6.07, 6.45) is 3.90. The van der Waals surface area contributed by atoms with Crippen LogP contribution in [-0.4, -0.2) is 125 Å². The van der Waals surface area contributed by atoms with Gasteiger partial charge in [0, 0.05) is 44.7 Å². The Labute approximate surface area is 422 Å². The molecule has 0 aliphatic carbocycles. The first-order chi connectivity index (χ1) is 35.1. The molecule has 0 saturated carbocycles. The predicted octanol–water partition coefficient (Wildman–Crippen LogP) is 8.23. The molecule has 0 bridgehead atoms. The fourth-order valence-electron chi connectivity index (χ4n) is 11.9. The Morgan fingerprint density at radius 1 is 0.658 bits per heavy atom. The van der Waals surface area contributed by atoms with Gasteiger partial charge in [0.2, 0.25) is 11.8 Å². The van der Waals surface area contributed by atoms with E-state index in [1.807, 2.05) is 64.1 Å². The Balaban J connectivity index is 0.966. The number of anilines is 2. The number of nitrogens with zero attached hydrogens (tertiary/aromatic N) is 6. The van der Waals surface area contributed by atoms with Gasteiger partial charge >= 0.3 is 12.2 Å². The molecular weight excluding hydrogens is 943 g/mol. The Hall–Kier alpha value is -6.54. The number of hydrogen-bond donors (Lipinski definition) is 4. The molecule has 5 fully saturated rings. The molecule has 5 saturated heterocycles. The van der Waals surface area contributed by atoms with Crippen molar-refractivity contribution in [2.45, 2.75) is 121 Å². The molecule has 1 unspecified atom stereocenters. The maximum Gasteiger partial charge on any atom is 0.407 e. The van der Waals surface area contributed by atoms with Crippen molar-refractivity contribution < 1.29 is 46.9 Å². The highest BCUT2D eigenvalue weighted by Crippen LogP contribution is 2.49. The normalized spacial score (nSPS) is 22.8. The number of amides is 4. The van der Waals surface area contributed by atoms with Crippen LogP contribution in [0, 0.1) is 23.5 Å². The Bertz CT molecular complexity index is 2710. The molecule has 7 heterocycles. The summed E-state index contributed by atoms with van der Waals surface area (Å²) in [5.74, 6) is -1.49. The van der Waals surface area contributed by atoms with Gasteiger partial charge in [0.25, 0.3) is 0 Å². The van der Waals surface area contributed by atoms with Crippen LogP contribution < -0.4 is 20.4 Å². The van der Waals surface area contributed by atoms with E-state index < -0.39 is 41.7 Å². The summed E-state index contributed by atoms with van der Waals surface area (Å²) < 4.78 is 54.9. The number of carbonyl (C=O) groups is 4. The van der Waals surface area contributed by atoms with Gasteiger partial charge in [0.05, 0.1) is 73.7 Å². The van der Waals surface area contributed by atoms with Crippen molar-refractivity contribution in [3.63, 3.8) is 0 Å². The molecular formula is C53H66F2N10O8. The number of nitrogens with one attached hydrogen (secondary N) is 4. The zero-order valence-corrected chi connectivity index (χ0v) is 42.3. The van der Waals surface area contributed by atoms with Crippen molar-refractivity contribution in [3.8, 4) is 0 Å². The smallest absolute Gasteiger partial charge is 0.407 e. The number of methoxy groups -OCH3 is 2. The lowest BCUT2D eigenvalue weighted by Gasteiger charge is -2.39. The number of benzene rings is 3. The third-order valence-corrected chi connectivity index (χ3v) is 15.6. The van der Waals surface area contributed by atoms with Crippen molar-refractivity contribution in [3.05, 3.63) is 82.9 Å². The van der Waals surface area contributed by atoms with E-state index in [0.29, 0.717) is 106 Å². The van der Waals surface area contributed by atoms with E-state index in [9.17, 15) is 19.2 Å². The van der Waals surface area contributed by atoms with Gasteiger partial charge in [0.1, 0.15) is 29.4 Å². The maximum atomic E-state index is 16.7. The Kier molecular flexibility index (Phi) is 14.0. The molecule has 0 radical (unpaired) electrons. The number of halogens is 2. The number of aromatic amines is 2. The summed E-state index contributed by atoms with van der Waals surface area (Å²) in [4.78, 5) is 76.8. The van der Waals surface area contributed by atoms with Gasteiger partial charge in [-0.25, -0.2) is 28.3 Å². The molecule has 390 valence electrons. The number of rotatable bonds is 12. The average Bonchev–Trinajstić information content (AvgIpc) is 4.25. The summed E-state index contributed by atoms with van der Waals surface area (Å²) in [6, 6.07) is 12.1. The number of carbonyl (C=O) groups excluding carboxylic acids is 4. The number of aromatic nitrogens is 4. The number of fused-ring (bicyclic) bond motifs is 2. The second-order valence-electron chi connectivity index (χ2n) is 20.8. The van der Waals surface area contributed by atoms with E-state index in [1.54, 1.807) is 14.7 Å². The van der Waals surface area contributed by atoms with Gasteiger partial charge < -0.3 is 59.1 Å². The number of hydrogen-bond acceptors (Lipinski definition) is 12. The number of piperidine rings is 1. The fraction of sp³-hybridized carbons (Fsp3) is 0.547. The second-order valence-corrected chi connectivity index (χ2v) is 20.8. The topological polar surface area (TPSA) is 200 Å². The maximum absolute atomic E-state index is 16.7. The van der Waals surface area contributed by atoms with Gasteiger partial charge in [-0.05, 0) is 97.9 Å². The van der Waals surface area contributed by atoms with Crippen LogP contribution in [0.1, 0.15) is 126 Å². The van der Waals surface area contributed by atoms with Crippen molar-refractivity contribution in [1.29, 1.82) is 0 Å².